The second-order valence-corrected chi connectivity index (χ2v) is 7.37. The fraction of sp³-hybridized carbons (Fsp3) is 0.550. The van der Waals surface area contributed by atoms with Gasteiger partial charge in [0.05, 0.1) is 18.8 Å². The molecular weight excluding hydrogens is 358 g/mol. The van der Waals surface area contributed by atoms with Crippen LogP contribution in [0.3, 0.4) is 0 Å². The Labute approximate surface area is 164 Å². The van der Waals surface area contributed by atoms with E-state index in [2.05, 4.69) is 15.4 Å². The first-order valence-electron chi connectivity index (χ1n) is 10.0. The van der Waals surface area contributed by atoms with Crippen LogP contribution in [0.1, 0.15) is 32.1 Å². The van der Waals surface area contributed by atoms with Crippen molar-refractivity contribution in [2.24, 2.45) is 0 Å². The van der Waals surface area contributed by atoms with Crippen LogP contribution in [0.2, 0.25) is 0 Å². The summed E-state index contributed by atoms with van der Waals surface area (Å²) in [5.74, 6) is 0.760. The molecule has 2 fully saturated rings. The molecule has 1 aromatic carbocycles. The average Bonchev–Trinajstić information content (AvgIpc) is 3.28. The Morgan fingerprint density at radius 2 is 2.04 bits per heavy atom. The number of amides is 2. The summed E-state index contributed by atoms with van der Waals surface area (Å²) in [6.45, 7) is 2.13. The first-order chi connectivity index (χ1) is 13.8. The van der Waals surface area contributed by atoms with Crippen LogP contribution in [0.5, 0.6) is 5.75 Å². The molecule has 2 aliphatic rings. The van der Waals surface area contributed by atoms with Crippen molar-refractivity contribution in [2.75, 3.05) is 26.3 Å². The molecule has 1 N–H and O–H groups in total. The van der Waals surface area contributed by atoms with Gasteiger partial charge < -0.3 is 19.7 Å². The van der Waals surface area contributed by atoms with Gasteiger partial charge in [0.25, 0.3) is 0 Å². The van der Waals surface area contributed by atoms with Gasteiger partial charge in [0.1, 0.15) is 31.1 Å². The molecule has 1 atom stereocenters. The van der Waals surface area contributed by atoms with Crippen LogP contribution in [-0.2, 0) is 4.74 Å². The normalized spacial score (nSPS) is 20.7. The summed E-state index contributed by atoms with van der Waals surface area (Å²) >= 11 is 0. The van der Waals surface area contributed by atoms with Crippen LogP contribution < -0.4 is 10.1 Å². The van der Waals surface area contributed by atoms with Crippen LogP contribution >= 0.6 is 0 Å². The van der Waals surface area contributed by atoms with Crippen LogP contribution in [0.25, 0.3) is 5.69 Å². The summed E-state index contributed by atoms with van der Waals surface area (Å²) < 4.78 is 13.3. The Bertz CT molecular complexity index is 744. The molecule has 1 aliphatic heterocycles. The maximum absolute atomic E-state index is 12.5. The van der Waals surface area contributed by atoms with E-state index < -0.39 is 0 Å². The van der Waals surface area contributed by atoms with E-state index >= 15 is 0 Å². The lowest BCUT2D eigenvalue weighted by atomic mass is 9.96. The van der Waals surface area contributed by atoms with Gasteiger partial charge in [-0.15, -0.1) is 0 Å². The molecule has 4 rings (SSSR count). The van der Waals surface area contributed by atoms with Gasteiger partial charge in [-0.3, -0.25) is 0 Å². The fourth-order valence-corrected chi connectivity index (χ4v) is 3.74. The van der Waals surface area contributed by atoms with E-state index in [0.717, 1.165) is 24.3 Å². The summed E-state index contributed by atoms with van der Waals surface area (Å²) in [5.41, 5.74) is 0.921. The Balaban J connectivity index is 1.25. The SMILES string of the molecule is O=C(NC1CCCCC1)N1CCOC(COc2ccc(-n3cncn3)cc2)C1. The number of benzene rings is 1. The number of morpholine rings is 1. The zero-order valence-corrected chi connectivity index (χ0v) is 16.0. The molecule has 1 saturated carbocycles. The van der Waals surface area contributed by atoms with Crippen LogP contribution in [0.4, 0.5) is 4.79 Å². The number of aromatic nitrogens is 3. The molecule has 2 amide bonds. The second-order valence-electron chi connectivity index (χ2n) is 7.37. The van der Waals surface area contributed by atoms with E-state index in [1.165, 1.54) is 25.6 Å². The van der Waals surface area contributed by atoms with Crippen molar-refractivity contribution >= 4 is 6.03 Å². The summed E-state index contributed by atoms with van der Waals surface area (Å²) in [5, 5.41) is 7.28. The quantitative estimate of drug-likeness (QED) is 0.855. The van der Waals surface area contributed by atoms with Gasteiger partial charge in [-0.05, 0) is 37.1 Å². The lowest BCUT2D eigenvalue weighted by Gasteiger charge is -2.34. The average molecular weight is 385 g/mol. The number of nitrogens with zero attached hydrogens (tertiary/aromatic N) is 4. The zero-order valence-electron chi connectivity index (χ0n) is 16.0. The van der Waals surface area contributed by atoms with Crippen molar-refractivity contribution in [1.82, 2.24) is 25.0 Å². The highest BCUT2D eigenvalue weighted by Crippen LogP contribution is 2.18. The molecule has 28 heavy (non-hydrogen) atoms. The summed E-state index contributed by atoms with van der Waals surface area (Å²) in [7, 11) is 0. The highest BCUT2D eigenvalue weighted by atomic mass is 16.5. The second kappa shape index (κ2) is 9.05. The van der Waals surface area contributed by atoms with Crippen molar-refractivity contribution in [3.63, 3.8) is 0 Å². The number of carbonyl (C=O) groups excluding carboxylic acids is 1. The standard InChI is InChI=1S/C20H27N5O3/c26-20(23-16-4-2-1-3-5-16)24-10-11-27-19(12-24)13-28-18-8-6-17(7-9-18)25-15-21-14-22-25/h6-9,14-16,19H,1-5,10-13H2,(H,23,26). The summed E-state index contributed by atoms with van der Waals surface area (Å²) in [6.07, 6.45) is 8.91. The van der Waals surface area contributed by atoms with E-state index in [4.69, 9.17) is 9.47 Å². The maximum Gasteiger partial charge on any atom is 0.317 e. The van der Waals surface area contributed by atoms with Gasteiger partial charge >= 0.3 is 6.03 Å². The lowest BCUT2D eigenvalue weighted by Crippen LogP contribution is -2.53. The van der Waals surface area contributed by atoms with Crippen molar-refractivity contribution in [2.45, 2.75) is 44.2 Å². The molecule has 8 nitrogen and oxygen atoms in total. The zero-order chi connectivity index (χ0) is 19.2. The van der Waals surface area contributed by atoms with Gasteiger partial charge in [0.2, 0.25) is 0 Å². The number of carbonyl (C=O) groups is 1. The van der Waals surface area contributed by atoms with E-state index in [9.17, 15) is 4.79 Å². The Morgan fingerprint density at radius 3 is 2.79 bits per heavy atom. The number of rotatable bonds is 5. The first-order valence-corrected chi connectivity index (χ1v) is 10.0. The molecule has 1 aromatic heterocycles. The minimum Gasteiger partial charge on any atom is -0.491 e. The lowest BCUT2D eigenvalue weighted by molar-refractivity contribution is -0.0355. The van der Waals surface area contributed by atoms with Crippen molar-refractivity contribution < 1.29 is 14.3 Å². The van der Waals surface area contributed by atoms with E-state index in [0.29, 0.717) is 32.3 Å². The molecular formula is C20H27N5O3. The van der Waals surface area contributed by atoms with Crippen LogP contribution in [-0.4, -0.2) is 64.1 Å². The predicted molar refractivity (Wildman–Crippen MR) is 104 cm³/mol. The summed E-state index contributed by atoms with van der Waals surface area (Å²) in [6, 6.07) is 7.99. The number of hydrogen-bond donors (Lipinski definition) is 1. The minimum absolute atomic E-state index is 0.0254. The predicted octanol–water partition coefficient (Wildman–Crippen LogP) is 2.39. The maximum atomic E-state index is 12.5. The topological polar surface area (TPSA) is 81.5 Å². The number of hydrogen-bond acceptors (Lipinski definition) is 5. The van der Waals surface area contributed by atoms with E-state index in [1.54, 1.807) is 11.0 Å². The van der Waals surface area contributed by atoms with Gasteiger partial charge in [-0.2, -0.15) is 5.10 Å². The minimum atomic E-state index is -0.124. The molecule has 0 radical (unpaired) electrons. The van der Waals surface area contributed by atoms with Crippen LogP contribution in [0.15, 0.2) is 36.9 Å². The van der Waals surface area contributed by atoms with Crippen molar-refractivity contribution in [3.05, 3.63) is 36.9 Å². The molecule has 150 valence electrons. The first kappa shape index (κ1) is 18.7. The highest BCUT2D eigenvalue weighted by Gasteiger charge is 2.26. The number of urea groups is 1. The Kier molecular flexibility index (Phi) is 6.06. The Hall–Kier alpha value is -2.61. The van der Waals surface area contributed by atoms with Gasteiger partial charge in [0, 0.05) is 12.6 Å². The van der Waals surface area contributed by atoms with E-state index in [1.807, 2.05) is 29.2 Å². The van der Waals surface area contributed by atoms with Gasteiger partial charge in [-0.25, -0.2) is 14.5 Å². The third kappa shape index (κ3) is 4.81. The highest BCUT2D eigenvalue weighted by molar-refractivity contribution is 5.74. The summed E-state index contributed by atoms with van der Waals surface area (Å²) in [4.78, 5) is 18.3. The van der Waals surface area contributed by atoms with Crippen LogP contribution in [0, 0.1) is 0 Å². The molecule has 0 bridgehead atoms. The number of ether oxygens (including phenoxy) is 2. The molecule has 0 spiro atoms. The smallest absolute Gasteiger partial charge is 0.317 e. The monoisotopic (exact) mass is 385 g/mol. The molecule has 1 saturated heterocycles. The van der Waals surface area contributed by atoms with Crippen molar-refractivity contribution in [1.29, 1.82) is 0 Å². The molecule has 1 unspecified atom stereocenters. The largest absolute Gasteiger partial charge is 0.491 e. The van der Waals surface area contributed by atoms with E-state index in [-0.39, 0.29) is 12.1 Å². The fourth-order valence-electron chi connectivity index (χ4n) is 3.74. The molecule has 2 heterocycles. The third-order valence-corrected chi connectivity index (χ3v) is 5.31. The number of nitrogens with one attached hydrogen (secondary N) is 1. The molecule has 2 aromatic rings. The Morgan fingerprint density at radius 1 is 1.21 bits per heavy atom. The van der Waals surface area contributed by atoms with Gasteiger partial charge in [0.15, 0.2) is 0 Å². The van der Waals surface area contributed by atoms with Crippen molar-refractivity contribution in [3.8, 4) is 11.4 Å². The molecule has 8 heteroatoms. The molecule has 1 aliphatic carbocycles. The third-order valence-electron chi connectivity index (χ3n) is 5.31. The van der Waals surface area contributed by atoms with Gasteiger partial charge in [-0.1, -0.05) is 19.3 Å².